The number of amides is 1. The number of aromatic nitrogens is 1. The highest BCUT2D eigenvalue weighted by atomic mass is 16.4. The number of aryl methyl sites for hydroxylation is 1. The summed E-state index contributed by atoms with van der Waals surface area (Å²) in [4.78, 5) is 34.3. The van der Waals surface area contributed by atoms with E-state index < -0.39 is 23.9 Å². The standard InChI is InChI=1S/C19H18N2O6/c22-15-6-3-13(4-7-15)5-8-17(23)20-16(19(26)27)9-11-21-10-1-2-14(12-21)18(24)25/h1-8,10,12,16H,9,11H2,(H3-,20,22,23,24,25,26,27)/p+1/t16-/m1/s1. The Morgan fingerprint density at radius 3 is 2.44 bits per heavy atom. The summed E-state index contributed by atoms with van der Waals surface area (Å²) in [6.45, 7) is 0.222. The average Bonchev–Trinajstić information content (AvgIpc) is 2.64. The molecule has 1 aromatic heterocycles. The second-order valence-electron chi connectivity index (χ2n) is 5.75. The van der Waals surface area contributed by atoms with Crippen LogP contribution in [0.5, 0.6) is 5.75 Å². The predicted molar refractivity (Wildman–Crippen MR) is 94.9 cm³/mol. The Kier molecular flexibility index (Phi) is 6.65. The zero-order chi connectivity index (χ0) is 19.8. The van der Waals surface area contributed by atoms with E-state index in [2.05, 4.69) is 5.32 Å². The molecule has 8 nitrogen and oxygen atoms in total. The number of carboxylic acids is 2. The fraction of sp³-hybridized carbons (Fsp3) is 0.158. The lowest BCUT2D eigenvalue weighted by atomic mass is 10.2. The number of aromatic hydroxyl groups is 1. The number of carbonyl (C=O) groups is 3. The SMILES string of the molecule is O=C(/C=C/c1ccc(O)cc1)N[C@H](CC[n+]1cccc(C(=O)O)c1)C(=O)O. The first-order valence-electron chi connectivity index (χ1n) is 8.08. The van der Waals surface area contributed by atoms with Crippen LogP contribution < -0.4 is 9.88 Å². The van der Waals surface area contributed by atoms with Gasteiger partial charge in [0, 0.05) is 18.6 Å². The van der Waals surface area contributed by atoms with Gasteiger partial charge in [-0.25, -0.2) is 14.2 Å². The normalized spacial score (nSPS) is 11.9. The van der Waals surface area contributed by atoms with Gasteiger partial charge in [-0.1, -0.05) is 12.1 Å². The summed E-state index contributed by atoms with van der Waals surface area (Å²) in [5.74, 6) is -2.73. The number of carbonyl (C=O) groups excluding carboxylic acids is 1. The number of hydrogen-bond acceptors (Lipinski definition) is 4. The predicted octanol–water partition coefficient (Wildman–Crippen LogP) is 1.05. The van der Waals surface area contributed by atoms with Crippen LogP contribution in [0.4, 0.5) is 0 Å². The van der Waals surface area contributed by atoms with E-state index in [1.807, 2.05) is 0 Å². The molecule has 0 radical (unpaired) electrons. The van der Waals surface area contributed by atoms with Crippen LogP contribution in [0.15, 0.2) is 54.9 Å². The van der Waals surface area contributed by atoms with Crippen molar-refractivity contribution in [1.29, 1.82) is 0 Å². The Morgan fingerprint density at radius 1 is 1.11 bits per heavy atom. The molecule has 4 N–H and O–H groups in total. The number of hydrogen-bond donors (Lipinski definition) is 4. The highest BCUT2D eigenvalue weighted by Crippen LogP contribution is 2.10. The fourth-order valence-electron chi connectivity index (χ4n) is 2.30. The van der Waals surface area contributed by atoms with Crippen LogP contribution in [-0.4, -0.2) is 39.2 Å². The van der Waals surface area contributed by atoms with Gasteiger partial charge < -0.3 is 20.6 Å². The van der Waals surface area contributed by atoms with Crippen molar-refractivity contribution in [3.05, 3.63) is 66.0 Å². The molecular weight excluding hydrogens is 352 g/mol. The molecule has 8 heteroatoms. The Balaban J connectivity index is 1.95. The maximum absolute atomic E-state index is 12.0. The van der Waals surface area contributed by atoms with Gasteiger partial charge in [-0.05, 0) is 29.8 Å². The number of aromatic carboxylic acids is 1. The van der Waals surface area contributed by atoms with Crippen molar-refractivity contribution in [2.75, 3.05) is 0 Å². The number of benzene rings is 1. The number of nitrogens with one attached hydrogen (secondary N) is 1. The first-order valence-corrected chi connectivity index (χ1v) is 8.08. The lowest BCUT2D eigenvalue weighted by Crippen LogP contribution is -2.44. The van der Waals surface area contributed by atoms with E-state index in [0.29, 0.717) is 5.56 Å². The minimum Gasteiger partial charge on any atom is -0.508 e. The minimum atomic E-state index is -1.18. The van der Waals surface area contributed by atoms with Gasteiger partial charge >= 0.3 is 11.9 Å². The van der Waals surface area contributed by atoms with Gasteiger partial charge in [0.15, 0.2) is 18.9 Å². The molecular formula is C19H19N2O6+. The third-order valence-electron chi connectivity index (χ3n) is 3.72. The number of carboxylic acid groups (broad SMARTS) is 2. The van der Waals surface area contributed by atoms with E-state index in [0.717, 1.165) is 0 Å². The Bertz CT molecular complexity index is 861. The van der Waals surface area contributed by atoms with Gasteiger partial charge in [0.25, 0.3) is 0 Å². The fourth-order valence-corrected chi connectivity index (χ4v) is 2.30. The number of rotatable bonds is 8. The lowest BCUT2D eigenvalue weighted by Gasteiger charge is -2.11. The summed E-state index contributed by atoms with van der Waals surface area (Å²) >= 11 is 0. The molecule has 0 fully saturated rings. The number of pyridine rings is 1. The molecule has 140 valence electrons. The Hall–Kier alpha value is -3.68. The smallest absolute Gasteiger partial charge is 0.341 e. The molecule has 0 aliphatic rings. The van der Waals surface area contributed by atoms with Crippen molar-refractivity contribution in [2.45, 2.75) is 19.0 Å². The van der Waals surface area contributed by atoms with Crippen LogP contribution in [0.25, 0.3) is 6.08 Å². The molecule has 1 heterocycles. The first-order chi connectivity index (χ1) is 12.8. The minimum absolute atomic E-state index is 0.0852. The van der Waals surface area contributed by atoms with Crippen molar-refractivity contribution in [1.82, 2.24) is 5.32 Å². The largest absolute Gasteiger partial charge is 0.508 e. The summed E-state index contributed by atoms with van der Waals surface area (Å²) < 4.78 is 1.55. The number of nitrogens with zero attached hydrogens (tertiary/aromatic N) is 1. The Labute approximate surface area is 155 Å². The van der Waals surface area contributed by atoms with Crippen LogP contribution in [0.2, 0.25) is 0 Å². The molecule has 2 aromatic rings. The van der Waals surface area contributed by atoms with E-state index in [4.69, 9.17) is 5.11 Å². The van der Waals surface area contributed by atoms with Crippen LogP contribution >= 0.6 is 0 Å². The van der Waals surface area contributed by atoms with Crippen LogP contribution in [-0.2, 0) is 16.1 Å². The van der Waals surface area contributed by atoms with E-state index in [1.54, 1.807) is 29.0 Å². The zero-order valence-corrected chi connectivity index (χ0v) is 14.3. The van der Waals surface area contributed by atoms with Crippen molar-refractivity contribution < 1.29 is 34.3 Å². The zero-order valence-electron chi connectivity index (χ0n) is 14.3. The molecule has 1 atom stereocenters. The van der Waals surface area contributed by atoms with Gasteiger partial charge in [0.2, 0.25) is 5.91 Å². The van der Waals surface area contributed by atoms with Crippen LogP contribution in [0, 0.1) is 0 Å². The molecule has 2 rings (SSSR count). The highest BCUT2D eigenvalue weighted by molar-refractivity contribution is 5.94. The second-order valence-corrected chi connectivity index (χ2v) is 5.75. The third-order valence-corrected chi connectivity index (χ3v) is 3.72. The number of phenolic OH excluding ortho intramolecular Hbond substituents is 1. The number of aliphatic carboxylic acids is 1. The summed E-state index contributed by atoms with van der Waals surface area (Å²) in [5.41, 5.74) is 0.765. The van der Waals surface area contributed by atoms with Gasteiger partial charge in [0.1, 0.15) is 17.4 Å². The molecule has 0 spiro atoms. The maximum Gasteiger partial charge on any atom is 0.341 e. The van der Waals surface area contributed by atoms with Gasteiger partial charge in [0.05, 0.1) is 0 Å². The van der Waals surface area contributed by atoms with Crippen molar-refractivity contribution in [2.24, 2.45) is 0 Å². The topological polar surface area (TPSA) is 128 Å². The summed E-state index contributed by atoms with van der Waals surface area (Å²) in [6.07, 6.45) is 5.81. The van der Waals surface area contributed by atoms with E-state index >= 15 is 0 Å². The molecule has 0 saturated heterocycles. The summed E-state index contributed by atoms with van der Waals surface area (Å²) in [5, 5.41) is 29.9. The molecule has 1 amide bonds. The maximum atomic E-state index is 12.0. The van der Waals surface area contributed by atoms with Gasteiger partial charge in [-0.3, -0.25) is 4.79 Å². The van der Waals surface area contributed by atoms with Crippen LogP contribution in [0.1, 0.15) is 22.3 Å². The van der Waals surface area contributed by atoms with Crippen LogP contribution in [0.3, 0.4) is 0 Å². The second kappa shape index (κ2) is 9.14. The molecule has 27 heavy (non-hydrogen) atoms. The van der Waals surface area contributed by atoms with E-state index in [1.165, 1.54) is 36.5 Å². The summed E-state index contributed by atoms with van der Waals surface area (Å²) in [6, 6.07) is 8.03. The molecule has 0 saturated carbocycles. The quantitative estimate of drug-likeness (QED) is 0.406. The molecule has 1 aromatic carbocycles. The highest BCUT2D eigenvalue weighted by Gasteiger charge is 2.21. The van der Waals surface area contributed by atoms with E-state index in [-0.39, 0.29) is 24.3 Å². The van der Waals surface area contributed by atoms with Gasteiger partial charge in [-0.15, -0.1) is 0 Å². The lowest BCUT2D eigenvalue weighted by molar-refractivity contribution is -0.697. The molecule has 0 bridgehead atoms. The molecule has 0 unspecified atom stereocenters. The monoisotopic (exact) mass is 371 g/mol. The first kappa shape index (κ1) is 19.6. The van der Waals surface area contributed by atoms with Crippen molar-refractivity contribution in [3.8, 4) is 5.75 Å². The average molecular weight is 371 g/mol. The Morgan fingerprint density at radius 2 is 1.81 bits per heavy atom. The number of phenols is 1. The molecule has 0 aliphatic carbocycles. The van der Waals surface area contributed by atoms with Gasteiger partial charge in [-0.2, -0.15) is 0 Å². The van der Waals surface area contributed by atoms with E-state index in [9.17, 15) is 24.6 Å². The third kappa shape index (κ3) is 6.28. The van der Waals surface area contributed by atoms with Crippen molar-refractivity contribution >= 4 is 23.9 Å². The summed E-state index contributed by atoms with van der Waals surface area (Å²) in [7, 11) is 0. The molecule has 0 aliphatic heterocycles. The van der Waals surface area contributed by atoms with Crippen molar-refractivity contribution in [3.63, 3.8) is 0 Å².